The van der Waals surface area contributed by atoms with Crippen LogP contribution in [-0.2, 0) is 32.7 Å². The summed E-state index contributed by atoms with van der Waals surface area (Å²) in [5, 5.41) is 20.7. The molecule has 1 aliphatic rings. The summed E-state index contributed by atoms with van der Waals surface area (Å²) in [4.78, 5) is 35.3. The maximum absolute atomic E-state index is 12.6. The second kappa shape index (κ2) is 33.6. The number of hydrogen-bond acceptors (Lipinski definition) is 9. The molecule has 12 heteroatoms. The molecule has 0 amide bonds. The highest BCUT2D eigenvalue weighted by Gasteiger charge is 2.39. The van der Waals surface area contributed by atoms with Crippen molar-refractivity contribution in [3.05, 3.63) is 48.8 Å². The highest BCUT2D eigenvalue weighted by atomic mass is 31.2. The molecule has 1 rings (SSSR count). The van der Waals surface area contributed by atoms with Crippen LogP contribution in [-0.4, -0.2) is 97.2 Å². The van der Waals surface area contributed by atoms with Crippen LogP contribution in [0.25, 0.3) is 0 Å². The molecule has 1 aliphatic carbocycles. The lowest BCUT2D eigenvalue weighted by Gasteiger charge is -2.24. The van der Waals surface area contributed by atoms with Crippen molar-refractivity contribution in [2.24, 2.45) is 11.8 Å². The van der Waals surface area contributed by atoms with E-state index in [2.05, 4.69) is 26.0 Å². The van der Waals surface area contributed by atoms with Crippen molar-refractivity contribution in [2.45, 2.75) is 173 Å². The fourth-order valence-corrected chi connectivity index (χ4v) is 7.37. The Morgan fingerprint density at radius 1 is 0.810 bits per heavy atom. The first kappa shape index (κ1) is 53.9. The number of ether oxygens (including phenoxy) is 2. The van der Waals surface area contributed by atoms with Crippen LogP contribution in [0.1, 0.15) is 155 Å². The van der Waals surface area contributed by atoms with Gasteiger partial charge in [-0.15, -0.1) is 0 Å². The van der Waals surface area contributed by atoms with Crippen molar-refractivity contribution in [3.63, 3.8) is 0 Å². The molecule has 0 saturated heterocycles. The van der Waals surface area contributed by atoms with E-state index in [0.717, 1.165) is 44.9 Å². The summed E-state index contributed by atoms with van der Waals surface area (Å²) in [7, 11) is 1.52. The summed E-state index contributed by atoms with van der Waals surface area (Å²) in [6.45, 7) is 4.47. The lowest BCUT2D eigenvalue weighted by atomic mass is 9.90. The number of quaternary nitrogens is 1. The molecular weight excluding hydrogens is 757 g/mol. The van der Waals surface area contributed by atoms with E-state index >= 15 is 0 Å². The van der Waals surface area contributed by atoms with Crippen LogP contribution in [0.15, 0.2) is 48.8 Å². The Balaban J connectivity index is 2.48. The van der Waals surface area contributed by atoms with Crippen LogP contribution in [0.2, 0.25) is 0 Å². The number of unbranched alkanes of at least 4 members (excludes halogenated alkanes) is 14. The Labute approximate surface area is 352 Å². The first-order valence-electron chi connectivity index (χ1n) is 22.5. The van der Waals surface area contributed by atoms with Crippen molar-refractivity contribution in [2.75, 3.05) is 47.5 Å². The maximum Gasteiger partial charge on any atom is 0.472 e. The number of carbonyl (C=O) groups is 2. The van der Waals surface area contributed by atoms with Crippen molar-refractivity contribution < 1.29 is 52.3 Å². The fraction of sp³-hybridized carbons (Fsp3) is 0.783. The lowest BCUT2D eigenvalue weighted by molar-refractivity contribution is -0.870. The Hall–Kier alpha value is -2.11. The monoisotopic (exact) mass is 841 g/mol. The molecule has 1 fully saturated rings. The summed E-state index contributed by atoms with van der Waals surface area (Å²) in [6.07, 6.45) is 34.7. The minimum absolute atomic E-state index is 0.00826. The predicted molar refractivity (Wildman–Crippen MR) is 234 cm³/mol. The molecule has 0 aromatic carbocycles. The molecule has 1 saturated carbocycles. The van der Waals surface area contributed by atoms with Crippen LogP contribution in [0.3, 0.4) is 0 Å². The molecule has 0 radical (unpaired) electrons. The van der Waals surface area contributed by atoms with Gasteiger partial charge in [0.1, 0.15) is 25.5 Å². The minimum Gasteiger partial charge on any atom is -0.492 e. The predicted octanol–water partition coefficient (Wildman–Crippen LogP) is 10.1. The number of Topliss-reactive ketones (excluding diaryl/α,β-unsaturated/α-hetero) is 1. The summed E-state index contributed by atoms with van der Waals surface area (Å²) < 4.78 is 34.7. The number of hydrogen-bond donors (Lipinski definition) is 3. The number of carbonyl (C=O) groups excluding carboxylic acids is 2. The quantitative estimate of drug-likeness (QED) is 0.0138. The van der Waals surface area contributed by atoms with Crippen molar-refractivity contribution in [3.8, 4) is 0 Å². The fourth-order valence-electron chi connectivity index (χ4n) is 6.63. The average Bonchev–Trinajstić information content (AvgIpc) is 3.44. The molecule has 0 heterocycles. The Morgan fingerprint density at radius 2 is 1.40 bits per heavy atom. The van der Waals surface area contributed by atoms with Crippen LogP contribution in [0.4, 0.5) is 0 Å². The van der Waals surface area contributed by atoms with Gasteiger partial charge in [-0.25, -0.2) is 4.57 Å². The largest absolute Gasteiger partial charge is 0.492 e. The maximum atomic E-state index is 12.6. The molecule has 11 nitrogen and oxygen atoms in total. The van der Waals surface area contributed by atoms with Crippen LogP contribution < -0.4 is 0 Å². The molecule has 6 atom stereocenters. The van der Waals surface area contributed by atoms with Crippen LogP contribution in [0, 0.1) is 11.8 Å². The molecule has 0 aliphatic heterocycles. The molecule has 0 spiro atoms. The van der Waals surface area contributed by atoms with E-state index in [1.54, 1.807) is 18.4 Å². The van der Waals surface area contributed by atoms with E-state index in [0.29, 0.717) is 36.7 Å². The van der Waals surface area contributed by atoms with Crippen molar-refractivity contribution >= 4 is 19.6 Å². The van der Waals surface area contributed by atoms with Crippen LogP contribution >= 0.6 is 7.82 Å². The number of esters is 1. The molecule has 0 aromatic rings. The number of aliphatic hydroxyl groups is 2. The number of rotatable bonds is 37. The van der Waals surface area contributed by atoms with Gasteiger partial charge in [-0.1, -0.05) is 115 Å². The smallest absolute Gasteiger partial charge is 0.472 e. The number of ketones is 1. The van der Waals surface area contributed by atoms with Gasteiger partial charge in [-0.2, -0.15) is 0 Å². The van der Waals surface area contributed by atoms with E-state index in [4.69, 9.17) is 18.5 Å². The number of nitrogens with zero attached hydrogens (tertiary/aromatic N) is 1. The third-order valence-corrected chi connectivity index (χ3v) is 11.3. The second-order valence-corrected chi connectivity index (χ2v) is 18.4. The standard InChI is InChI=1S/C46H82NO10P/c1-6-8-10-11-12-13-14-15-16-17-18-19-20-21-24-28-35-54-41(39-57-58(52,53)56-36-34-47(3,4)5)38-55-46(51)31-27-23-22-26-30-42-43(45(50)37-44(42)49)33-32-40(48)29-25-9-7-2/h15-16,22,26,28,32-33,35,40-44,48-49H,6-14,17-21,23-25,27,29-31,34,36-39H2,1-5H3/p+1/b16-15-,26-22-,33-32+,35-28+/t40-,41+,42+,43+,44-/m0/s1. The van der Waals surface area contributed by atoms with Gasteiger partial charge in [0.15, 0.2) is 6.10 Å². The van der Waals surface area contributed by atoms with E-state index in [1.165, 1.54) is 57.8 Å². The normalized spacial score (nSPS) is 19.9. The topological polar surface area (TPSA) is 149 Å². The number of allylic oxidation sites excluding steroid dienone is 6. The third kappa shape index (κ3) is 30.0. The van der Waals surface area contributed by atoms with Gasteiger partial charge in [0.2, 0.25) is 0 Å². The first-order chi connectivity index (χ1) is 27.8. The molecule has 3 N–H and O–H groups in total. The molecule has 1 unspecified atom stereocenters. The first-order valence-corrected chi connectivity index (χ1v) is 24.0. The lowest BCUT2D eigenvalue weighted by Crippen LogP contribution is -2.37. The van der Waals surface area contributed by atoms with Gasteiger partial charge in [-0.05, 0) is 70.3 Å². The zero-order chi connectivity index (χ0) is 42.9. The Morgan fingerprint density at radius 3 is 2.05 bits per heavy atom. The molecule has 336 valence electrons. The van der Waals surface area contributed by atoms with E-state index < -0.39 is 38.0 Å². The second-order valence-electron chi connectivity index (χ2n) is 16.9. The summed E-state index contributed by atoms with van der Waals surface area (Å²) >= 11 is 0. The Kier molecular flexibility index (Phi) is 31.2. The highest BCUT2D eigenvalue weighted by Crippen LogP contribution is 2.43. The zero-order valence-corrected chi connectivity index (χ0v) is 37.9. The number of phosphoric ester groups is 1. The van der Waals surface area contributed by atoms with Gasteiger partial charge in [0.05, 0.1) is 46.2 Å². The summed E-state index contributed by atoms with van der Waals surface area (Å²) in [5.74, 6) is -1.09. The zero-order valence-electron chi connectivity index (χ0n) is 37.0. The molecule has 0 bridgehead atoms. The minimum atomic E-state index is -4.34. The summed E-state index contributed by atoms with van der Waals surface area (Å²) in [5.41, 5.74) is 0. The SMILES string of the molecule is CCCCCCCC/C=C\CCCCCC/C=C/O[C@H](COC(=O)CCC/C=C\C[C@H]1[C@@H](O)CC(=O)[C@@H]1/C=C/[C@@H](O)CCCCC)COP(=O)(O)OCC[N+](C)(C)C. The van der Waals surface area contributed by atoms with Gasteiger partial charge >= 0.3 is 13.8 Å². The number of phosphoric acid groups is 1. The van der Waals surface area contributed by atoms with Gasteiger partial charge in [-0.3, -0.25) is 18.6 Å². The third-order valence-electron chi connectivity index (χ3n) is 10.3. The van der Waals surface area contributed by atoms with E-state index in [-0.39, 0.29) is 44.4 Å². The average molecular weight is 841 g/mol. The summed E-state index contributed by atoms with van der Waals surface area (Å²) in [6, 6.07) is 0. The van der Waals surface area contributed by atoms with Crippen molar-refractivity contribution in [1.29, 1.82) is 0 Å². The van der Waals surface area contributed by atoms with E-state index in [9.17, 15) is 29.3 Å². The molecular formula is C46H83NO10P+. The van der Waals surface area contributed by atoms with Gasteiger partial charge in [0, 0.05) is 24.7 Å². The van der Waals surface area contributed by atoms with Crippen LogP contribution in [0.5, 0.6) is 0 Å². The van der Waals surface area contributed by atoms with E-state index in [1.807, 2.05) is 39.4 Å². The van der Waals surface area contributed by atoms with Gasteiger partial charge in [0.25, 0.3) is 0 Å². The molecule has 58 heavy (non-hydrogen) atoms. The number of aliphatic hydroxyl groups excluding tert-OH is 2. The Bertz CT molecular complexity index is 1230. The number of likely N-dealkylation sites (N-methyl/N-ethyl adjacent to an activating group) is 1. The molecule has 0 aromatic heterocycles. The van der Waals surface area contributed by atoms with Gasteiger partial charge < -0.3 is 29.1 Å². The highest BCUT2D eigenvalue weighted by molar-refractivity contribution is 7.47. The van der Waals surface area contributed by atoms with Crippen molar-refractivity contribution in [1.82, 2.24) is 0 Å².